The van der Waals surface area contributed by atoms with Crippen LogP contribution in [0, 0.1) is 0 Å². The van der Waals surface area contributed by atoms with Crippen LogP contribution in [0.2, 0.25) is 0 Å². The Balaban J connectivity index is 1.96. The van der Waals surface area contributed by atoms with Crippen LogP contribution in [-0.2, 0) is 0 Å². The summed E-state index contributed by atoms with van der Waals surface area (Å²) < 4.78 is 0. The van der Waals surface area contributed by atoms with Gasteiger partial charge in [0.15, 0.2) is 0 Å². The van der Waals surface area contributed by atoms with Crippen LogP contribution in [0.1, 0.15) is 55.8 Å². The van der Waals surface area contributed by atoms with E-state index in [1.165, 1.54) is 18.4 Å². The van der Waals surface area contributed by atoms with E-state index in [0.717, 1.165) is 18.4 Å². The first-order valence-corrected chi connectivity index (χ1v) is 7.59. The second kappa shape index (κ2) is 7.86. The minimum Gasteiger partial charge on any atom is -0.388 e. The quantitative estimate of drug-likeness (QED) is 0.742. The fourth-order valence-electron chi connectivity index (χ4n) is 2.75. The molecule has 0 aliphatic heterocycles. The molecule has 2 aromatic rings. The molecule has 106 valence electrons. The van der Waals surface area contributed by atoms with Gasteiger partial charge in [-0.2, -0.15) is 0 Å². The Morgan fingerprint density at radius 1 is 0.750 bits per heavy atom. The topological polar surface area (TPSA) is 20.2 Å². The first-order chi connectivity index (χ1) is 9.81. The van der Waals surface area contributed by atoms with E-state index < -0.39 is 0 Å². The van der Waals surface area contributed by atoms with Gasteiger partial charge in [0.25, 0.3) is 0 Å². The van der Waals surface area contributed by atoms with Gasteiger partial charge in [-0.25, -0.2) is 0 Å². The lowest BCUT2D eigenvalue weighted by Crippen LogP contribution is -2.03. The van der Waals surface area contributed by atoms with Gasteiger partial charge in [-0.15, -0.1) is 0 Å². The van der Waals surface area contributed by atoms with Crippen LogP contribution < -0.4 is 0 Å². The second-order valence-electron chi connectivity index (χ2n) is 5.40. The maximum Gasteiger partial charge on any atom is 0.0790 e. The van der Waals surface area contributed by atoms with Crippen molar-refractivity contribution in [2.75, 3.05) is 0 Å². The highest BCUT2D eigenvalue weighted by molar-refractivity contribution is 5.20. The van der Waals surface area contributed by atoms with E-state index >= 15 is 0 Å². The largest absolute Gasteiger partial charge is 0.388 e. The van der Waals surface area contributed by atoms with E-state index in [1.54, 1.807) is 0 Å². The van der Waals surface area contributed by atoms with Gasteiger partial charge in [-0.1, -0.05) is 74.0 Å². The molecule has 0 saturated heterocycles. The summed E-state index contributed by atoms with van der Waals surface area (Å²) in [4.78, 5) is 0. The molecule has 0 radical (unpaired) electrons. The van der Waals surface area contributed by atoms with Gasteiger partial charge in [-0.3, -0.25) is 0 Å². The van der Waals surface area contributed by atoms with E-state index in [4.69, 9.17) is 0 Å². The molecule has 0 saturated carbocycles. The van der Waals surface area contributed by atoms with Crippen molar-refractivity contribution in [3.05, 3.63) is 71.8 Å². The van der Waals surface area contributed by atoms with Crippen LogP contribution in [0.25, 0.3) is 0 Å². The maximum absolute atomic E-state index is 10.3. The lowest BCUT2D eigenvalue weighted by Gasteiger charge is -2.19. The number of benzene rings is 2. The highest BCUT2D eigenvalue weighted by Gasteiger charge is 2.14. The van der Waals surface area contributed by atoms with Crippen LogP contribution >= 0.6 is 0 Å². The molecular weight excluding hydrogens is 244 g/mol. The first kappa shape index (κ1) is 14.8. The van der Waals surface area contributed by atoms with Gasteiger partial charge >= 0.3 is 0 Å². The third kappa shape index (κ3) is 4.21. The number of rotatable bonds is 7. The fraction of sp³-hybridized carbons (Fsp3) is 0.368. The van der Waals surface area contributed by atoms with Crippen molar-refractivity contribution < 1.29 is 5.11 Å². The zero-order chi connectivity index (χ0) is 14.2. The van der Waals surface area contributed by atoms with Gasteiger partial charge < -0.3 is 5.11 Å². The minimum atomic E-state index is -0.348. The number of hydrogen-bond acceptors (Lipinski definition) is 1. The molecule has 0 aliphatic carbocycles. The summed E-state index contributed by atoms with van der Waals surface area (Å²) >= 11 is 0. The van der Waals surface area contributed by atoms with Crippen molar-refractivity contribution >= 4 is 0 Å². The molecule has 0 aromatic heterocycles. The van der Waals surface area contributed by atoms with Crippen molar-refractivity contribution in [2.45, 2.75) is 44.6 Å². The van der Waals surface area contributed by atoms with E-state index in [0.29, 0.717) is 5.92 Å². The van der Waals surface area contributed by atoms with Crippen molar-refractivity contribution in [1.82, 2.24) is 0 Å². The fourth-order valence-corrected chi connectivity index (χ4v) is 2.75. The predicted molar refractivity (Wildman–Crippen MR) is 84.7 cm³/mol. The minimum absolute atomic E-state index is 0.348. The van der Waals surface area contributed by atoms with Gasteiger partial charge in [0.2, 0.25) is 0 Å². The molecule has 1 nitrogen and oxygen atoms in total. The third-order valence-corrected chi connectivity index (χ3v) is 3.88. The van der Waals surface area contributed by atoms with E-state index in [1.807, 2.05) is 30.3 Å². The van der Waals surface area contributed by atoms with Crippen molar-refractivity contribution in [3.8, 4) is 0 Å². The standard InChI is InChI=1S/C19H24O/c1-2-9-16(17-10-5-3-6-11-17)14-15-19(20)18-12-7-4-8-13-18/h3-8,10-13,16,19-20H,2,9,14-15H2,1H3. The zero-order valence-corrected chi connectivity index (χ0v) is 12.2. The lowest BCUT2D eigenvalue weighted by molar-refractivity contribution is 0.160. The average molecular weight is 268 g/mol. The number of aliphatic hydroxyl groups is 1. The third-order valence-electron chi connectivity index (χ3n) is 3.88. The Labute approximate surface area is 122 Å². The summed E-state index contributed by atoms with van der Waals surface area (Å²) in [5.74, 6) is 0.555. The molecule has 0 heterocycles. The summed E-state index contributed by atoms with van der Waals surface area (Å²) in [6, 6.07) is 20.6. The maximum atomic E-state index is 10.3. The van der Waals surface area contributed by atoms with Crippen LogP contribution in [0.4, 0.5) is 0 Å². The molecule has 0 bridgehead atoms. The zero-order valence-electron chi connectivity index (χ0n) is 12.2. The molecule has 1 heteroatoms. The normalized spacial score (nSPS) is 13.9. The summed E-state index contributed by atoms with van der Waals surface area (Å²) in [6.45, 7) is 2.23. The number of aliphatic hydroxyl groups excluding tert-OH is 1. The molecule has 0 spiro atoms. The molecule has 0 amide bonds. The van der Waals surface area contributed by atoms with Crippen molar-refractivity contribution in [2.24, 2.45) is 0 Å². The molecule has 2 rings (SSSR count). The van der Waals surface area contributed by atoms with Gasteiger partial charge in [0, 0.05) is 0 Å². The van der Waals surface area contributed by atoms with E-state index in [2.05, 4.69) is 37.3 Å². The Hall–Kier alpha value is -1.60. The molecule has 2 unspecified atom stereocenters. The Kier molecular flexibility index (Phi) is 5.82. The van der Waals surface area contributed by atoms with Crippen molar-refractivity contribution in [1.29, 1.82) is 0 Å². The molecule has 2 aromatic carbocycles. The molecular formula is C19H24O. The monoisotopic (exact) mass is 268 g/mol. The van der Waals surface area contributed by atoms with Gasteiger partial charge in [0.05, 0.1) is 6.10 Å². The van der Waals surface area contributed by atoms with E-state index in [-0.39, 0.29) is 6.10 Å². The van der Waals surface area contributed by atoms with Crippen LogP contribution in [0.5, 0.6) is 0 Å². The summed E-state index contributed by atoms with van der Waals surface area (Å²) in [5, 5.41) is 10.3. The van der Waals surface area contributed by atoms with Crippen LogP contribution in [0.15, 0.2) is 60.7 Å². The number of hydrogen-bond donors (Lipinski definition) is 1. The smallest absolute Gasteiger partial charge is 0.0790 e. The summed E-state index contributed by atoms with van der Waals surface area (Å²) in [5.41, 5.74) is 2.42. The molecule has 2 atom stereocenters. The highest BCUT2D eigenvalue weighted by atomic mass is 16.3. The van der Waals surface area contributed by atoms with Crippen molar-refractivity contribution in [3.63, 3.8) is 0 Å². The molecule has 20 heavy (non-hydrogen) atoms. The lowest BCUT2D eigenvalue weighted by atomic mass is 9.88. The SMILES string of the molecule is CCCC(CCC(O)c1ccccc1)c1ccccc1. The summed E-state index contributed by atoms with van der Waals surface area (Å²) in [7, 11) is 0. The second-order valence-corrected chi connectivity index (χ2v) is 5.40. The Bertz CT molecular complexity index is 478. The molecule has 1 N–H and O–H groups in total. The molecule has 0 fully saturated rings. The Morgan fingerprint density at radius 2 is 1.30 bits per heavy atom. The van der Waals surface area contributed by atoms with Crippen LogP contribution in [-0.4, -0.2) is 5.11 Å². The van der Waals surface area contributed by atoms with Gasteiger partial charge in [0.1, 0.15) is 0 Å². The first-order valence-electron chi connectivity index (χ1n) is 7.59. The summed E-state index contributed by atoms with van der Waals surface area (Å²) in [6.07, 6.45) is 3.88. The Morgan fingerprint density at radius 3 is 1.85 bits per heavy atom. The average Bonchev–Trinajstić information content (AvgIpc) is 2.53. The van der Waals surface area contributed by atoms with E-state index in [9.17, 15) is 5.11 Å². The molecule has 0 aliphatic rings. The highest BCUT2D eigenvalue weighted by Crippen LogP contribution is 2.29. The van der Waals surface area contributed by atoms with Crippen LogP contribution in [0.3, 0.4) is 0 Å². The predicted octanol–water partition coefficient (Wildman–Crippen LogP) is 5.08. The van der Waals surface area contributed by atoms with Gasteiger partial charge in [-0.05, 0) is 36.3 Å².